The van der Waals surface area contributed by atoms with Gasteiger partial charge in [0.2, 0.25) is 0 Å². The van der Waals surface area contributed by atoms with Gasteiger partial charge in [0.25, 0.3) is 5.91 Å². The largest absolute Gasteiger partial charge is 0.465 e. The topological polar surface area (TPSA) is 81.0 Å². The van der Waals surface area contributed by atoms with Crippen LogP contribution in [0.5, 0.6) is 0 Å². The van der Waals surface area contributed by atoms with Gasteiger partial charge >= 0.3 is 5.97 Å². The second kappa shape index (κ2) is 8.07. The van der Waals surface area contributed by atoms with Crippen molar-refractivity contribution in [2.45, 2.75) is 20.3 Å². The molecular formula is C16H20N2O5S. The summed E-state index contributed by atoms with van der Waals surface area (Å²) in [5.74, 6) is 0.0860. The molecule has 0 spiro atoms. The molecule has 0 radical (unpaired) electrons. The first-order valence-corrected chi connectivity index (χ1v) is 7.99. The smallest absolute Gasteiger partial charge is 0.341 e. The van der Waals surface area contributed by atoms with Gasteiger partial charge in [0.05, 0.1) is 7.11 Å². The van der Waals surface area contributed by atoms with Gasteiger partial charge in [0.1, 0.15) is 22.8 Å². The SMILES string of the molecule is CCOCCCN1C(=O)/C(=C\c2cc(C(=O)OC)c(C)o2)NC1=S. The zero-order valence-electron chi connectivity index (χ0n) is 13.9. The summed E-state index contributed by atoms with van der Waals surface area (Å²) < 4.78 is 15.4. The zero-order valence-corrected chi connectivity index (χ0v) is 14.7. The van der Waals surface area contributed by atoms with Gasteiger partial charge in [0, 0.05) is 25.8 Å². The Morgan fingerprint density at radius 1 is 1.50 bits per heavy atom. The highest BCUT2D eigenvalue weighted by Gasteiger charge is 2.30. The minimum absolute atomic E-state index is 0.231. The number of hydrogen-bond acceptors (Lipinski definition) is 6. The minimum atomic E-state index is -0.486. The van der Waals surface area contributed by atoms with Crippen molar-refractivity contribution >= 4 is 35.3 Å². The van der Waals surface area contributed by atoms with Crippen molar-refractivity contribution in [1.82, 2.24) is 10.2 Å². The molecule has 0 unspecified atom stereocenters. The molecule has 130 valence electrons. The van der Waals surface area contributed by atoms with Gasteiger partial charge in [-0.05, 0) is 38.6 Å². The fourth-order valence-corrected chi connectivity index (χ4v) is 2.56. The maximum atomic E-state index is 12.4. The Bertz CT molecular complexity index is 680. The van der Waals surface area contributed by atoms with E-state index >= 15 is 0 Å². The Hall–Kier alpha value is -2.19. The number of hydrogen-bond donors (Lipinski definition) is 1. The average molecular weight is 352 g/mol. The third-order valence-corrected chi connectivity index (χ3v) is 3.79. The lowest BCUT2D eigenvalue weighted by molar-refractivity contribution is -0.122. The standard InChI is InChI=1S/C16H20N2O5S/c1-4-22-7-5-6-18-14(19)13(17-16(18)24)9-11-8-12(10(2)23-11)15(20)21-3/h8-9H,4-7H2,1-3H3,(H,17,24)/b13-9+. The number of nitrogens with zero attached hydrogens (tertiary/aromatic N) is 1. The summed E-state index contributed by atoms with van der Waals surface area (Å²) in [6, 6.07) is 1.53. The summed E-state index contributed by atoms with van der Waals surface area (Å²) in [5.41, 5.74) is 0.632. The lowest BCUT2D eigenvalue weighted by atomic mass is 10.2. The Morgan fingerprint density at radius 3 is 2.92 bits per heavy atom. The van der Waals surface area contributed by atoms with Crippen molar-refractivity contribution in [2.24, 2.45) is 0 Å². The van der Waals surface area contributed by atoms with E-state index in [2.05, 4.69) is 10.1 Å². The quantitative estimate of drug-likeness (QED) is 0.347. The Kier molecular flexibility index (Phi) is 6.10. The molecule has 0 bridgehead atoms. The van der Waals surface area contributed by atoms with E-state index in [0.29, 0.717) is 54.1 Å². The molecule has 2 heterocycles. The molecule has 0 aliphatic carbocycles. The van der Waals surface area contributed by atoms with Crippen molar-refractivity contribution in [3.05, 3.63) is 28.8 Å². The molecule has 7 nitrogen and oxygen atoms in total. The van der Waals surface area contributed by atoms with Crippen LogP contribution in [0.4, 0.5) is 0 Å². The van der Waals surface area contributed by atoms with Crippen LogP contribution in [-0.4, -0.2) is 48.8 Å². The molecule has 1 amide bonds. The van der Waals surface area contributed by atoms with Crippen molar-refractivity contribution < 1.29 is 23.5 Å². The van der Waals surface area contributed by atoms with E-state index < -0.39 is 5.97 Å². The number of aryl methyl sites for hydroxylation is 1. The zero-order chi connectivity index (χ0) is 17.7. The summed E-state index contributed by atoms with van der Waals surface area (Å²) in [6.45, 7) is 5.27. The van der Waals surface area contributed by atoms with Crippen molar-refractivity contribution in [1.29, 1.82) is 0 Å². The van der Waals surface area contributed by atoms with Crippen LogP contribution in [0.3, 0.4) is 0 Å². The van der Waals surface area contributed by atoms with E-state index in [1.54, 1.807) is 6.92 Å². The molecular weight excluding hydrogens is 332 g/mol. The number of esters is 1. The molecule has 1 N–H and O–H groups in total. The molecule has 1 saturated heterocycles. The van der Waals surface area contributed by atoms with Gasteiger partial charge in [-0.3, -0.25) is 9.69 Å². The van der Waals surface area contributed by atoms with E-state index in [0.717, 1.165) is 0 Å². The number of nitrogens with one attached hydrogen (secondary N) is 1. The molecule has 0 aromatic carbocycles. The molecule has 1 aliphatic rings. The Balaban J connectivity index is 2.09. The molecule has 24 heavy (non-hydrogen) atoms. The lowest BCUT2D eigenvalue weighted by Gasteiger charge is -2.13. The van der Waals surface area contributed by atoms with E-state index in [1.165, 1.54) is 24.2 Å². The highest BCUT2D eigenvalue weighted by atomic mass is 32.1. The van der Waals surface area contributed by atoms with Crippen LogP contribution in [-0.2, 0) is 14.3 Å². The third-order valence-electron chi connectivity index (χ3n) is 3.47. The fraction of sp³-hybridized carbons (Fsp3) is 0.438. The summed E-state index contributed by atoms with van der Waals surface area (Å²) >= 11 is 5.19. The predicted octanol–water partition coefficient (Wildman–Crippen LogP) is 1.86. The van der Waals surface area contributed by atoms with Gasteiger partial charge in [-0.15, -0.1) is 0 Å². The van der Waals surface area contributed by atoms with E-state index in [4.69, 9.17) is 21.4 Å². The maximum Gasteiger partial charge on any atom is 0.341 e. The molecule has 8 heteroatoms. The van der Waals surface area contributed by atoms with E-state index in [-0.39, 0.29) is 5.91 Å². The summed E-state index contributed by atoms with van der Waals surface area (Å²) in [4.78, 5) is 25.5. The first-order valence-electron chi connectivity index (χ1n) is 7.59. The van der Waals surface area contributed by atoms with Gasteiger partial charge in [-0.25, -0.2) is 4.79 Å². The second-order valence-electron chi connectivity index (χ2n) is 5.11. The number of ether oxygens (including phenoxy) is 2. The first kappa shape index (κ1) is 18.2. The number of furan rings is 1. The van der Waals surface area contributed by atoms with Crippen LogP contribution in [0.2, 0.25) is 0 Å². The van der Waals surface area contributed by atoms with Crippen molar-refractivity contribution in [3.8, 4) is 0 Å². The summed E-state index contributed by atoms with van der Waals surface area (Å²) in [6.07, 6.45) is 2.22. The minimum Gasteiger partial charge on any atom is -0.465 e. The number of carbonyl (C=O) groups is 2. The van der Waals surface area contributed by atoms with E-state index in [1.807, 2.05) is 6.92 Å². The highest BCUT2D eigenvalue weighted by Crippen LogP contribution is 2.20. The molecule has 1 aliphatic heterocycles. The average Bonchev–Trinajstić information content (AvgIpc) is 3.04. The molecule has 0 atom stereocenters. The van der Waals surface area contributed by atoms with Crippen molar-refractivity contribution in [3.63, 3.8) is 0 Å². The molecule has 0 saturated carbocycles. The number of rotatable bonds is 7. The van der Waals surface area contributed by atoms with Crippen LogP contribution >= 0.6 is 12.2 Å². The van der Waals surface area contributed by atoms with Crippen LogP contribution in [0.1, 0.15) is 35.2 Å². The Morgan fingerprint density at radius 2 is 2.25 bits per heavy atom. The number of thiocarbonyl (C=S) groups is 1. The van der Waals surface area contributed by atoms with Crippen LogP contribution in [0.25, 0.3) is 6.08 Å². The van der Waals surface area contributed by atoms with Crippen molar-refractivity contribution in [2.75, 3.05) is 26.9 Å². The Labute approximate surface area is 145 Å². The number of amides is 1. The summed E-state index contributed by atoms with van der Waals surface area (Å²) in [5, 5.41) is 3.21. The fourth-order valence-electron chi connectivity index (χ4n) is 2.27. The van der Waals surface area contributed by atoms with Crippen LogP contribution in [0.15, 0.2) is 16.2 Å². The second-order valence-corrected chi connectivity index (χ2v) is 5.49. The maximum absolute atomic E-state index is 12.4. The lowest BCUT2D eigenvalue weighted by Crippen LogP contribution is -2.32. The van der Waals surface area contributed by atoms with E-state index in [9.17, 15) is 9.59 Å². The molecule has 1 aromatic rings. The highest BCUT2D eigenvalue weighted by molar-refractivity contribution is 7.80. The number of methoxy groups -OCH3 is 1. The molecule has 1 aromatic heterocycles. The van der Waals surface area contributed by atoms with Crippen LogP contribution in [0, 0.1) is 6.92 Å². The molecule has 2 rings (SSSR count). The predicted molar refractivity (Wildman–Crippen MR) is 91.3 cm³/mol. The van der Waals surface area contributed by atoms with Gasteiger partial charge < -0.3 is 19.2 Å². The van der Waals surface area contributed by atoms with Gasteiger partial charge in [-0.1, -0.05) is 0 Å². The number of carbonyl (C=O) groups excluding carboxylic acids is 2. The van der Waals surface area contributed by atoms with Crippen LogP contribution < -0.4 is 5.32 Å². The van der Waals surface area contributed by atoms with Gasteiger partial charge in [-0.2, -0.15) is 0 Å². The monoisotopic (exact) mass is 352 g/mol. The normalized spacial score (nSPS) is 16.0. The third kappa shape index (κ3) is 4.01. The van der Waals surface area contributed by atoms with Gasteiger partial charge in [0.15, 0.2) is 5.11 Å². The first-order chi connectivity index (χ1) is 11.5. The molecule has 1 fully saturated rings. The summed E-state index contributed by atoms with van der Waals surface area (Å²) in [7, 11) is 1.30.